The third-order valence-electron chi connectivity index (χ3n) is 4.36. The van der Waals surface area contributed by atoms with Crippen LogP contribution in [0.1, 0.15) is 40.8 Å². The SMILES string of the molecule is COc1ccc(C(NC(=O)c2ncc(C)[nH]2)C2CC(O)C2)cc1F. The van der Waals surface area contributed by atoms with Crippen molar-refractivity contribution in [3.05, 3.63) is 47.3 Å². The number of aryl methyl sites for hydroxylation is 1. The summed E-state index contributed by atoms with van der Waals surface area (Å²) in [6.07, 6.45) is 2.33. The zero-order valence-corrected chi connectivity index (χ0v) is 13.5. The number of aromatic nitrogens is 2. The monoisotopic (exact) mass is 333 g/mol. The lowest BCUT2D eigenvalue weighted by atomic mass is 9.75. The molecule has 6 nitrogen and oxygen atoms in total. The average Bonchev–Trinajstić information content (AvgIpc) is 2.96. The molecule has 1 aromatic heterocycles. The Bertz CT molecular complexity index is 740. The van der Waals surface area contributed by atoms with Gasteiger partial charge in [0, 0.05) is 11.9 Å². The second kappa shape index (κ2) is 6.60. The number of halogens is 1. The summed E-state index contributed by atoms with van der Waals surface area (Å²) in [4.78, 5) is 19.3. The van der Waals surface area contributed by atoms with Crippen LogP contribution in [0.3, 0.4) is 0 Å². The van der Waals surface area contributed by atoms with Crippen LogP contribution in [-0.2, 0) is 0 Å². The summed E-state index contributed by atoms with van der Waals surface area (Å²) in [5.74, 6) is -0.424. The first-order valence-corrected chi connectivity index (χ1v) is 7.82. The van der Waals surface area contributed by atoms with Gasteiger partial charge in [0.25, 0.3) is 5.91 Å². The number of H-pyrrole nitrogens is 1. The molecule has 0 saturated heterocycles. The van der Waals surface area contributed by atoms with Gasteiger partial charge in [-0.3, -0.25) is 4.79 Å². The van der Waals surface area contributed by atoms with E-state index in [9.17, 15) is 14.3 Å². The second-order valence-corrected chi connectivity index (χ2v) is 6.15. The van der Waals surface area contributed by atoms with E-state index in [2.05, 4.69) is 15.3 Å². The average molecular weight is 333 g/mol. The van der Waals surface area contributed by atoms with Crippen molar-refractivity contribution in [1.82, 2.24) is 15.3 Å². The fourth-order valence-electron chi connectivity index (χ4n) is 2.99. The first-order valence-electron chi connectivity index (χ1n) is 7.82. The minimum Gasteiger partial charge on any atom is -0.494 e. The number of nitrogens with one attached hydrogen (secondary N) is 2. The molecule has 7 heteroatoms. The van der Waals surface area contributed by atoms with Crippen molar-refractivity contribution in [2.75, 3.05) is 7.11 Å². The number of hydrogen-bond donors (Lipinski definition) is 3. The summed E-state index contributed by atoms with van der Waals surface area (Å²) in [5, 5.41) is 12.5. The van der Waals surface area contributed by atoms with Gasteiger partial charge in [-0.2, -0.15) is 0 Å². The Hall–Kier alpha value is -2.41. The molecule has 1 atom stereocenters. The summed E-state index contributed by atoms with van der Waals surface area (Å²) in [7, 11) is 1.40. The highest BCUT2D eigenvalue weighted by Crippen LogP contribution is 2.39. The number of aliphatic hydroxyl groups excluding tert-OH is 1. The molecule has 24 heavy (non-hydrogen) atoms. The molecule has 1 aliphatic rings. The molecule has 3 rings (SSSR count). The van der Waals surface area contributed by atoms with Crippen LogP contribution in [0.4, 0.5) is 4.39 Å². The number of imidazole rings is 1. The van der Waals surface area contributed by atoms with Crippen molar-refractivity contribution in [3.63, 3.8) is 0 Å². The highest BCUT2D eigenvalue weighted by atomic mass is 19.1. The molecule has 0 radical (unpaired) electrons. The van der Waals surface area contributed by atoms with Crippen molar-refractivity contribution >= 4 is 5.91 Å². The van der Waals surface area contributed by atoms with Gasteiger partial charge in [-0.1, -0.05) is 6.07 Å². The largest absolute Gasteiger partial charge is 0.494 e. The molecule has 0 spiro atoms. The predicted octanol–water partition coefficient (Wildman–Crippen LogP) is 2.11. The first-order chi connectivity index (χ1) is 11.5. The van der Waals surface area contributed by atoms with E-state index in [4.69, 9.17) is 4.74 Å². The van der Waals surface area contributed by atoms with Crippen LogP contribution >= 0.6 is 0 Å². The highest BCUT2D eigenvalue weighted by molar-refractivity contribution is 5.90. The lowest BCUT2D eigenvalue weighted by molar-refractivity contribution is 0.0233. The van der Waals surface area contributed by atoms with E-state index in [1.165, 1.54) is 19.2 Å². The minimum atomic E-state index is -0.483. The van der Waals surface area contributed by atoms with Crippen LogP contribution < -0.4 is 10.1 Å². The number of ether oxygens (including phenoxy) is 1. The Morgan fingerprint density at radius 3 is 2.79 bits per heavy atom. The topological polar surface area (TPSA) is 87.2 Å². The van der Waals surface area contributed by atoms with Crippen molar-refractivity contribution < 1.29 is 19.0 Å². The molecule has 2 aromatic rings. The molecule has 1 aliphatic carbocycles. The lowest BCUT2D eigenvalue weighted by Gasteiger charge is -2.38. The van der Waals surface area contributed by atoms with E-state index in [1.807, 2.05) is 6.92 Å². The Labute approximate surface area is 139 Å². The number of carbonyl (C=O) groups excluding carboxylic acids is 1. The van der Waals surface area contributed by atoms with Crippen LogP contribution in [0.25, 0.3) is 0 Å². The van der Waals surface area contributed by atoms with Gasteiger partial charge in [0.05, 0.1) is 19.3 Å². The smallest absolute Gasteiger partial charge is 0.287 e. The van der Waals surface area contributed by atoms with Gasteiger partial charge in [-0.05, 0) is 43.4 Å². The Morgan fingerprint density at radius 1 is 1.50 bits per heavy atom. The molecule has 1 aromatic carbocycles. The summed E-state index contributed by atoms with van der Waals surface area (Å²) in [6.45, 7) is 1.81. The number of aliphatic hydroxyl groups is 1. The van der Waals surface area contributed by atoms with E-state index in [-0.39, 0.29) is 29.5 Å². The molecule has 3 N–H and O–H groups in total. The van der Waals surface area contributed by atoms with E-state index >= 15 is 0 Å². The van der Waals surface area contributed by atoms with Gasteiger partial charge in [0.1, 0.15) is 0 Å². The molecular formula is C17H20FN3O3. The molecule has 1 unspecified atom stereocenters. The van der Waals surface area contributed by atoms with Gasteiger partial charge >= 0.3 is 0 Å². The maximum Gasteiger partial charge on any atom is 0.287 e. The molecular weight excluding hydrogens is 313 g/mol. The van der Waals surface area contributed by atoms with Crippen LogP contribution in [0, 0.1) is 18.7 Å². The highest BCUT2D eigenvalue weighted by Gasteiger charge is 2.36. The number of aromatic amines is 1. The second-order valence-electron chi connectivity index (χ2n) is 6.15. The molecule has 128 valence electrons. The van der Waals surface area contributed by atoms with Crippen LogP contribution in [0.15, 0.2) is 24.4 Å². The van der Waals surface area contributed by atoms with Crippen molar-refractivity contribution in [2.45, 2.75) is 31.9 Å². The van der Waals surface area contributed by atoms with Gasteiger partial charge in [-0.25, -0.2) is 9.37 Å². The standard InChI is InChI=1S/C17H20FN3O3/c1-9-8-19-16(20-9)17(23)21-15(11-5-12(22)6-11)10-3-4-14(24-2)13(18)7-10/h3-4,7-8,11-12,15,22H,5-6H2,1-2H3,(H,19,20)(H,21,23). The molecule has 0 bridgehead atoms. The van der Waals surface area contributed by atoms with E-state index in [0.717, 1.165) is 5.69 Å². The van der Waals surface area contributed by atoms with Crippen LogP contribution in [0.2, 0.25) is 0 Å². The minimum absolute atomic E-state index is 0.0489. The predicted molar refractivity (Wildman–Crippen MR) is 85.2 cm³/mol. The fraction of sp³-hybridized carbons (Fsp3) is 0.412. The molecule has 1 amide bonds. The number of methoxy groups -OCH3 is 1. The van der Waals surface area contributed by atoms with E-state index in [1.54, 1.807) is 12.3 Å². The number of nitrogens with zero attached hydrogens (tertiary/aromatic N) is 1. The summed E-state index contributed by atoms with van der Waals surface area (Å²) in [5.41, 5.74) is 1.42. The zero-order valence-electron chi connectivity index (χ0n) is 13.5. The third-order valence-corrected chi connectivity index (χ3v) is 4.36. The van der Waals surface area contributed by atoms with E-state index in [0.29, 0.717) is 18.4 Å². The first kappa shape index (κ1) is 16.4. The van der Waals surface area contributed by atoms with Crippen LogP contribution in [-0.4, -0.2) is 34.2 Å². The van der Waals surface area contributed by atoms with Gasteiger partial charge in [0.2, 0.25) is 0 Å². The Balaban J connectivity index is 1.83. The molecule has 1 saturated carbocycles. The fourth-order valence-corrected chi connectivity index (χ4v) is 2.99. The van der Waals surface area contributed by atoms with Gasteiger partial charge in [0.15, 0.2) is 17.4 Å². The Kier molecular flexibility index (Phi) is 4.53. The number of amides is 1. The van der Waals surface area contributed by atoms with Crippen molar-refractivity contribution in [3.8, 4) is 5.75 Å². The summed E-state index contributed by atoms with van der Waals surface area (Å²) in [6, 6.07) is 4.23. The normalized spacial score (nSPS) is 21.0. The van der Waals surface area contributed by atoms with Gasteiger partial charge in [-0.15, -0.1) is 0 Å². The lowest BCUT2D eigenvalue weighted by Crippen LogP contribution is -2.41. The maximum absolute atomic E-state index is 14.0. The zero-order chi connectivity index (χ0) is 17.3. The van der Waals surface area contributed by atoms with E-state index < -0.39 is 11.9 Å². The maximum atomic E-state index is 14.0. The summed E-state index contributed by atoms with van der Waals surface area (Å²) < 4.78 is 19.0. The summed E-state index contributed by atoms with van der Waals surface area (Å²) >= 11 is 0. The Morgan fingerprint density at radius 2 is 2.25 bits per heavy atom. The van der Waals surface area contributed by atoms with Crippen molar-refractivity contribution in [2.24, 2.45) is 5.92 Å². The molecule has 1 heterocycles. The third kappa shape index (κ3) is 3.26. The van der Waals surface area contributed by atoms with Gasteiger partial charge < -0.3 is 20.1 Å². The quantitative estimate of drug-likeness (QED) is 0.782. The number of carbonyl (C=O) groups is 1. The number of benzene rings is 1. The van der Waals surface area contributed by atoms with Crippen molar-refractivity contribution in [1.29, 1.82) is 0 Å². The van der Waals surface area contributed by atoms with Crippen LogP contribution in [0.5, 0.6) is 5.75 Å². The molecule has 0 aliphatic heterocycles. The number of rotatable bonds is 5. The number of hydrogen-bond acceptors (Lipinski definition) is 4. The molecule has 1 fully saturated rings.